The van der Waals surface area contributed by atoms with Gasteiger partial charge < -0.3 is 0 Å². The maximum Gasteiger partial charge on any atom is 0.0714 e. The van der Waals surface area contributed by atoms with Crippen molar-refractivity contribution in [3.63, 3.8) is 0 Å². The van der Waals surface area contributed by atoms with E-state index in [9.17, 15) is 0 Å². The molecule has 26 heavy (non-hydrogen) atoms. The van der Waals surface area contributed by atoms with Crippen molar-refractivity contribution < 1.29 is 0 Å². The summed E-state index contributed by atoms with van der Waals surface area (Å²) in [5, 5.41) is 4.97. The minimum atomic E-state index is 1.01. The Hall–Kier alpha value is -3.45. The van der Waals surface area contributed by atoms with Crippen molar-refractivity contribution >= 4 is 21.5 Å². The number of nitrogens with zero attached hydrogens (tertiary/aromatic N) is 1. The minimum Gasteiger partial charge on any atom is -0.256 e. The summed E-state index contributed by atoms with van der Waals surface area (Å²) >= 11 is 0. The zero-order chi connectivity index (χ0) is 17.3. The summed E-state index contributed by atoms with van der Waals surface area (Å²) in [4.78, 5) is 4.83. The second-order valence-corrected chi connectivity index (χ2v) is 6.49. The zero-order valence-corrected chi connectivity index (χ0v) is 14.3. The van der Waals surface area contributed by atoms with Crippen LogP contribution >= 0.6 is 0 Å². The Labute approximate surface area is 152 Å². The summed E-state index contributed by atoms with van der Waals surface area (Å²) < 4.78 is 0. The van der Waals surface area contributed by atoms with Gasteiger partial charge in [0, 0.05) is 17.3 Å². The third-order valence-electron chi connectivity index (χ3n) is 4.90. The molecule has 5 aromatic rings. The molecule has 1 heteroatoms. The van der Waals surface area contributed by atoms with Crippen molar-refractivity contribution in [1.82, 2.24) is 4.98 Å². The van der Waals surface area contributed by atoms with E-state index in [1.807, 2.05) is 12.3 Å². The highest BCUT2D eigenvalue weighted by molar-refractivity contribution is 6.12. The van der Waals surface area contributed by atoms with E-state index in [1.165, 1.54) is 32.7 Å². The average Bonchev–Trinajstić information content (AvgIpc) is 2.73. The predicted octanol–water partition coefficient (Wildman–Crippen LogP) is 6.72. The van der Waals surface area contributed by atoms with Crippen LogP contribution in [-0.4, -0.2) is 4.98 Å². The molecule has 0 spiro atoms. The van der Waals surface area contributed by atoms with E-state index in [-0.39, 0.29) is 0 Å². The number of rotatable bonds is 2. The smallest absolute Gasteiger partial charge is 0.0714 e. The molecule has 0 radical (unpaired) electrons. The van der Waals surface area contributed by atoms with Crippen LogP contribution in [0.1, 0.15) is 0 Å². The number of hydrogen-bond donors (Lipinski definition) is 0. The van der Waals surface area contributed by atoms with E-state index in [0.717, 1.165) is 11.3 Å². The lowest BCUT2D eigenvalue weighted by Crippen LogP contribution is -1.89. The maximum atomic E-state index is 4.83. The zero-order valence-electron chi connectivity index (χ0n) is 14.3. The summed E-state index contributed by atoms with van der Waals surface area (Å²) in [7, 11) is 0. The average molecular weight is 331 g/mol. The van der Waals surface area contributed by atoms with E-state index in [1.54, 1.807) is 0 Å². The molecule has 122 valence electrons. The maximum absolute atomic E-state index is 4.83. The van der Waals surface area contributed by atoms with Crippen LogP contribution in [0.5, 0.6) is 0 Å². The fraction of sp³-hybridized carbons (Fsp3) is 0. The molecule has 1 heterocycles. The van der Waals surface area contributed by atoms with Crippen LogP contribution in [0.15, 0.2) is 103 Å². The molecule has 0 N–H and O–H groups in total. The Morgan fingerprint density at radius 1 is 0.500 bits per heavy atom. The van der Waals surface area contributed by atoms with E-state index in [4.69, 9.17) is 4.98 Å². The standard InChI is InChI=1S/C25H17N/c1-2-8-18(9-3-1)21-14-15-24(26-17-21)25-22-12-6-4-10-19(22)16-20-11-5-7-13-23(20)25/h1-17H. The Morgan fingerprint density at radius 3 is 1.73 bits per heavy atom. The van der Waals surface area contributed by atoms with Gasteiger partial charge in [0.2, 0.25) is 0 Å². The van der Waals surface area contributed by atoms with Gasteiger partial charge in [0.05, 0.1) is 5.69 Å². The number of fused-ring (bicyclic) bond motifs is 2. The Bertz CT molecular complexity index is 1150. The molecule has 0 amide bonds. The van der Waals surface area contributed by atoms with Crippen molar-refractivity contribution in [1.29, 1.82) is 0 Å². The van der Waals surface area contributed by atoms with E-state index in [0.29, 0.717) is 0 Å². The summed E-state index contributed by atoms with van der Waals surface area (Å²) in [5.41, 5.74) is 4.55. The van der Waals surface area contributed by atoms with Crippen LogP contribution in [0.25, 0.3) is 43.9 Å². The molecular formula is C25H17N. The van der Waals surface area contributed by atoms with Gasteiger partial charge in [-0.3, -0.25) is 4.98 Å². The quantitative estimate of drug-likeness (QED) is 0.327. The van der Waals surface area contributed by atoms with Gasteiger partial charge in [-0.15, -0.1) is 0 Å². The molecule has 1 aromatic heterocycles. The molecule has 4 aromatic carbocycles. The molecule has 0 aliphatic heterocycles. The van der Waals surface area contributed by atoms with Gasteiger partial charge in [-0.05, 0) is 39.2 Å². The van der Waals surface area contributed by atoms with Crippen LogP contribution in [-0.2, 0) is 0 Å². The molecule has 0 saturated carbocycles. The Morgan fingerprint density at radius 2 is 1.12 bits per heavy atom. The third-order valence-corrected chi connectivity index (χ3v) is 4.90. The second-order valence-electron chi connectivity index (χ2n) is 6.49. The third kappa shape index (κ3) is 2.46. The Balaban J connectivity index is 1.75. The lowest BCUT2D eigenvalue weighted by atomic mass is 9.94. The predicted molar refractivity (Wildman–Crippen MR) is 110 cm³/mol. The largest absolute Gasteiger partial charge is 0.256 e. The van der Waals surface area contributed by atoms with Crippen molar-refractivity contribution in [2.75, 3.05) is 0 Å². The highest BCUT2D eigenvalue weighted by Crippen LogP contribution is 2.35. The normalized spacial score (nSPS) is 11.1. The molecule has 0 saturated heterocycles. The molecule has 0 aliphatic carbocycles. The van der Waals surface area contributed by atoms with Crippen LogP contribution in [0, 0.1) is 0 Å². The first-order valence-corrected chi connectivity index (χ1v) is 8.82. The molecule has 0 aliphatic rings. The minimum absolute atomic E-state index is 1.01. The highest BCUT2D eigenvalue weighted by Gasteiger charge is 2.11. The first-order valence-electron chi connectivity index (χ1n) is 8.82. The van der Waals surface area contributed by atoms with Crippen molar-refractivity contribution in [2.45, 2.75) is 0 Å². The fourth-order valence-corrected chi connectivity index (χ4v) is 3.63. The van der Waals surface area contributed by atoms with Crippen LogP contribution < -0.4 is 0 Å². The van der Waals surface area contributed by atoms with E-state index >= 15 is 0 Å². The second kappa shape index (κ2) is 6.12. The highest BCUT2D eigenvalue weighted by atomic mass is 14.7. The van der Waals surface area contributed by atoms with Crippen molar-refractivity contribution in [3.8, 4) is 22.4 Å². The lowest BCUT2D eigenvalue weighted by Gasteiger charge is -2.12. The van der Waals surface area contributed by atoms with Gasteiger partial charge in [0.25, 0.3) is 0 Å². The number of benzene rings is 4. The topological polar surface area (TPSA) is 12.9 Å². The molecule has 0 atom stereocenters. The summed E-state index contributed by atoms with van der Waals surface area (Å²) in [6.45, 7) is 0. The molecule has 5 rings (SSSR count). The lowest BCUT2D eigenvalue weighted by molar-refractivity contribution is 1.34. The van der Waals surface area contributed by atoms with Crippen LogP contribution in [0.2, 0.25) is 0 Å². The van der Waals surface area contributed by atoms with Gasteiger partial charge in [-0.2, -0.15) is 0 Å². The monoisotopic (exact) mass is 331 g/mol. The molecule has 0 fully saturated rings. The van der Waals surface area contributed by atoms with Crippen LogP contribution in [0.4, 0.5) is 0 Å². The van der Waals surface area contributed by atoms with Gasteiger partial charge >= 0.3 is 0 Å². The molecule has 0 unspecified atom stereocenters. The van der Waals surface area contributed by atoms with E-state index < -0.39 is 0 Å². The summed E-state index contributed by atoms with van der Waals surface area (Å²) in [6, 6.07) is 34.0. The molecular weight excluding hydrogens is 314 g/mol. The molecule has 1 nitrogen and oxygen atoms in total. The Kier molecular flexibility index (Phi) is 3.50. The van der Waals surface area contributed by atoms with Crippen molar-refractivity contribution in [2.24, 2.45) is 0 Å². The SMILES string of the molecule is c1ccc(-c2ccc(-c3c4ccccc4cc4ccccc34)nc2)cc1. The van der Waals surface area contributed by atoms with Gasteiger partial charge in [-0.25, -0.2) is 0 Å². The van der Waals surface area contributed by atoms with E-state index in [2.05, 4.69) is 91.0 Å². The molecule has 0 bridgehead atoms. The van der Waals surface area contributed by atoms with Gasteiger partial charge in [-0.1, -0.05) is 84.9 Å². The number of pyridine rings is 1. The summed E-state index contributed by atoms with van der Waals surface area (Å²) in [6.07, 6.45) is 1.97. The first kappa shape index (κ1) is 14.9. The number of hydrogen-bond acceptors (Lipinski definition) is 1. The van der Waals surface area contributed by atoms with Gasteiger partial charge in [0.15, 0.2) is 0 Å². The summed E-state index contributed by atoms with van der Waals surface area (Å²) in [5.74, 6) is 0. The first-order chi connectivity index (χ1) is 12.9. The number of aromatic nitrogens is 1. The van der Waals surface area contributed by atoms with Crippen molar-refractivity contribution in [3.05, 3.63) is 103 Å². The van der Waals surface area contributed by atoms with Gasteiger partial charge in [0.1, 0.15) is 0 Å². The van der Waals surface area contributed by atoms with Crippen LogP contribution in [0.3, 0.4) is 0 Å². The fourth-order valence-electron chi connectivity index (χ4n) is 3.63.